The third kappa shape index (κ3) is 3.31. The van der Waals surface area contributed by atoms with E-state index >= 15 is 0 Å². The zero-order valence-electron chi connectivity index (χ0n) is 17.4. The Hall–Kier alpha value is -2.75. The number of aromatic amines is 1. The van der Waals surface area contributed by atoms with Crippen LogP contribution in [0.15, 0.2) is 42.5 Å². The first-order valence-corrected chi connectivity index (χ1v) is 10.8. The molecule has 3 aromatic rings. The maximum absolute atomic E-state index is 13.4. The normalized spacial score (nSPS) is 19.4. The summed E-state index contributed by atoms with van der Waals surface area (Å²) in [5.74, 6) is 0.877. The summed E-state index contributed by atoms with van der Waals surface area (Å²) in [6.45, 7) is 7.74. The summed E-state index contributed by atoms with van der Waals surface area (Å²) in [6.07, 6.45) is 3.43. The van der Waals surface area contributed by atoms with Gasteiger partial charge in [-0.05, 0) is 61.4 Å². The SMILES string of the molecule is Cc1cccc(N2CCN(C(=O)c3cccc4c5c([nH]c34)CCC(C)C5)CC2)c1. The number of H-pyrrole nitrogens is 1. The molecule has 2 heterocycles. The molecule has 150 valence electrons. The number of fused-ring (bicyclic) bond motifs is 3. The predicted molar refractivity (Wildman–Crippen MR) is 119 cm³/mol. The van der Waals surface area contributed by atoms with Gasteiger partial charge in [0.05, 0.1) is 11.1 Å². The smallest absolute Gasteiger partial charge is 0.256 e. The van der Waals surface area contributed by atoms with Crippen molar-refractivity contribution in [1.29, 1.82) is 0 Å². The van der Waals surface area contributed by atoms with Crippen molar-refractivity contribution in [3.63, 3.8) is 0 Å². The molecule has 1 aromatic heterocycles. The van der Waals surface area contributed by atoms with Gasteiger partial charge in [0.1, 0.15) is 0 Å². The van der Waals surface area contributed by atoms with Crippen LogP contribution in [-0.2, 0) is 12.8 Å². The van der Waals surface area contributed by atoms with E-state index in [1.807, 2.05) is 17.0 Å². The number of aromatic nitrogens is 1. The van der Waals surface area contributed by atoms with Crippen molar-refractivity contribution in [3.05, 3.63) is 64.8 Å². The zero-order valence-corrected chi connectivity index (χ0v) is 17.4. The molecule has 1 amide bonds. The molecule has 2 aromatic carbocycles. The van der Waals surface area contributed by atoms with Gasteiger partial charge in [-0.25, -0.2) is 0 Å². The summed E-state index contributed by atoms with van der Waals surface area (Å²) in [6, 6.07) is 14.8. The van der Waals surface area contributed by atoms with Gasteiger partial charge in [-0.2, -0.15) is 0 Å². The molecule has 0 saturated carbocycles. The maximum atomic E-state index is 13.4. The Morgan fingerprint density at radius 3 is 2.66 bits per heavy atom. The van der Waals surface area contributed by atoms with Crippen molar-refractivity contribution in [2.75, 3.05) is 31.1 Å². The van der Waals surface area contributed by atoms with Crippen molar-refractivity contribution >= 4 is 22.5 Å². The summed E-state index contributed by atoms with van der Waals surface area (Å²) < 4.78 is 0. The fourth-order valence-electron chi connectivity index (χ4n) is 4.96. The molecule has 0 spiro atoms. The average Bonchev–Trinajstić information content (AvgIpc) is 3.11. The number of amides is 1. The van der Waals surface area contributed by atoms with Crippen LogP contribution in [0.25, 0.3) is 10.9 Å². The monoisotopic (exact) mass is 387 g/mol. The molecule has 1 aliphatic heterocycles. The first kappa shape index (κ1) is 18.3. The lowest BCUT2D eigenvalue weighted by Gasteiger charge is -2.36. The molecule has 1 saturated heterocycles. The van der Waals surface area contributed by atoms with Gasteiger partial charge in [0, 0.05) is 42.9 Å². The standard InChI is InChI=1S/C25H29N3O/c1-17-5-3-6-19(15-17)27-11-13-28(14-12-27)25(29)21-8-4-7-20-22-16-18(2)9-10-23(22)26-24(20)21/h3-8,15,18,26H,9-14,16H2,1-2H3. The van der Waals surface area contributed by atoms with Crippen molar-refractivity contribution in [1.82, 2.24) is 9.88 Å². The van der Waals surface area contributed by atoms with E-state index in [1.54, 1.807) is 0 Å². The molecule has 29 heavy (non-hydrogen) atoms. The lowest BCUT2D eigenvalue weighted by atomic mass is 9.87. The first-order valence-electron chi connectivity index (χ1n) is 10.8. The molecule has 2 aliphatic rings. The van der Waals surface area contributed by atoms with Crippen LogP contribution < -0.4 is 4.90 Å². The molecule has 4 heteroatoms. The highest BCUT2D eigenvalue weighted by atomic mass is 16.2. The van der Waals surface area contributed by atoms with Crippen molar-refractivity contribution in [2.24, 2.45) is 5.92 Å². The fraction of sp³-hybridized carbons (Fsp3) is 0.400. The van der Waals surface area contributed by atoms with Crippen molar-refractivity contribution in [3.8, 4) is 0 Å². The molecule has 1 fully saturated rings. The number of hydrogen-bond donors (Lipinski definition) is 1. The van der Waals surface area contributed by atoms with E-state index in [1.165, 1.54) is 34.3 Å². The number of anilines is 1. The summed E-state index contributed by atoms with van der Waals surface area (Å²) in [5.41, 5.74) is 7.16. The van der Waals surface area contributed by atoms with E-state index in [0.29, 0.717) is 0 Å². The first-order chi connectivity index (χ1) is 14.1. The Balaban J connectivity index is 1.37. The molecule has 0 radical (unpaired) electrons. The molecule has 5 rings (SSSR count). The fourth-order valence-corrected chi connectivity index (χ4v) is 4.96. The Morgan fingerprint density at radius 2 is 1.86 bits per heavy atom. The van der Waals surface area contributed by atoms with Gasteiger partial charge >= 0.3 is 0 Å². The second kappa shape index (κ2) is 7.25. The summed E-state index contributed by atoms with van der Waals surface area (Å²) in [5, 5.41) is 1.25. The molecule has 1 aliphatic carbocycles. The third-order valence-corrected chi connectivity index (χ3v) is 6.63. The van der Waals surface area contributed by atoms with Crippen LogP contribution >= 0.6 is 0 Å². The number of aryl methyl sites for hydroxylation is 2. The van der Waals surface area contributed by atoms with Gasteiger partial charge in [-0.15, -0.1) is 0 Å². The highest BCUT2D eigenvalue weighted by Gasteiger charge is 2.26. The van der Waals surface area contributed by atoms with Crippen LogP contribution in [-0.4, -0.2) is 42.0 Å². The average molecular weight is 388 g/mol. The molecule has 4 nitrogen and oxygen atoms in total. The number of carbonyl (C=O) groups is 1. The number of nitrogens with zero attached hydrogens (tertiary/aromatic N) is 2. The Labute approximate surface area is 172 Å². The molecular formula is C25H29N3O. The quantitative estimate of drug-likeness (QED) is 0.700. The van der Waals surface area contributed by atoms with Gasteiger partial charge in [0.2, 0.25) is 0 Å². The van der Waals surface area contributed by atoms with Crippen molar-refractivity contribution < 1.29 is 4.79 Å². The largest absolute Gasteiger partial charge is 0.368 e. The number of piperazine rings is 1. The maximum Gasteiger partial charge on any atom is 0.256 e. The zero-order chi connectivity index (χ0) is 20.0. The van der Waals surface area contributed by atoms with E-state index < -0.39 is 0 Å². The number of carbonyl (C=O) groups excluding carboxylic acids is 1. The number of nitrogens with one attached hydrogen (secondary N) is 1. The van der Waals surface area contributed by atoms with Crippen LogP contribution in [0.5, 0.6) is 0 Å². The van der Waals surface area contributed by atoms with Gasteiger partial charge in [-0.1, -0.05) is 31.2 Å². The minimum absolute atomic E-state index is 0.158. The molecule has 0 bridgehead atoms. The Bertz CT molecular complexity index is 1060. The number of para-hydroxylation sites is 1. The lowest BCUT2D eigenvalue weighted by molar-refractivity contribution is 0.0748. The second-order valence-corrected chi connectivity index (χ2v) is 8.78. The summed E-state index contributed by atoms with van der Waals surface area (Å²) in [7, 11) is 0. The third-order valence-electron chi connectivity index (χ3n) is 6.63. The second-order valence-electron chi connectivity index (χ2n) is 8.78. The van der Waals surface area contributed by atoms with E-state index in [2.05, 4.69) is 54.1 Å². The summed E-state index contributed by atoms with van der Waals surface area (Å²) >= 11 is 0. The van der Waals surface area contributed by atoms with E-state index in [0.717, 1.165) is 56.0 Å². The Kier molecular flexibility index (Phi) is 4.57. The topological polar surface area (TPSA) is 39.3 Å². The molecule has 1 N–H and O–H groups in total. The highest BCUT2D eigenvalue weighted by Crippen LogP contribution is 2.33. The van der Waals surface area contributed by atoms with Crippen LogP contribution in [0, 0.1) is 12.8 Å². The highest BCUT2D eigenvalue weighted by molar-refractivity contribution is 6.07. The van der Waals surface area contributed by atoms with Gasteiger partial charge in [0.25, 0.3) is 5.91 Å². The lowest BCUT2D eigenvalue weighted by Crippen LogP contribution is -2.48. The summed E-state index contributed by atoms with van der Waals surface area (Å²) in [4.78, 5) is 21.4. The number of benzene rings is 2. The van der Waals surface area contributed by atoms with Crippen LogP contribution in [0.3, 0.4) is 0 Å². The molecular weight excluding hydrogens is 358 g/mol. The minimum atomic E-state index is 0.158. The van der Waals surface area contributed by atoms with E-state index in [-0.39, 0.29) is 5.91 Å². The van der Waals surface area contributed by atoms with Gasteiger partial charge in [-0.3, -0.25) is 4.79 Å². The van der Waals surface area contributed by atoms with Crippen LogP contribution in [0.4, 0.5) is 5.69 Å². The molecule has 1 atom stereocenters. The van der Waals surface area contributed by atoms with Gasteiger partial charge in [0.15, 0.2) is 0 Å². The van der Waals surface area contributed by atoms with E-state index in [9.17, 15) is 4.79 Å². The predicted octanol–water partition coefficient (Wildman–Crippen LogP) is 4.56. The van der Waals surface area contributed by atoms with Crippen LogP contribution in [0.1, 0.15) is 40.5 Å². The molecule has 1 unspecified atom stereocenters. The van der Waals surface area contributed by atoms with Gasteiger partial charge < -0.3 is 14.8 Å². The minimum Gasteiger partial charge on any atom is -0.368 e. The number of rotatable bonds is 2. The Morgan fingerprint density at radius 1 is 1.07 bits per heavy atom. The number of hydrogen-bond acceptors (Lipinski definition) is 2. The van der Waals surface area contributed by atoms with Crippen molar-refractivity contribution in [2.45, 2.75) is 33.1 Å². The van der Waals surface area contributed by atoms with Crippen LogP contribution in [0.2, 0.25) is 0 Å². The van der Waals surface area contributed by atoms with E-state index in [4.69, 9.17) is 0 Å².